The van der Waals surface area contributed by atoms with Gasteiger partial charge in [0, 0.05) is 43.8 Å². The van der Waals surface area contributed by atoms with Crippen LogP contribution in [0.2, 0.25) is 0 Å². The summed E-state index contributed by atoms with van der Waals surface area (Å²) in [6.07, 6.45) is 5.91. The first kappa shape index (κ1) is 16.4. The number of rotatable bonds is 3. The third-order valence-electron chi connectivity index (χ3n) is 5.38. The first-order chi connectivity index (χ1) is 12.1. The van der Waals surface area contributed by atoms with Crippen molar-refractivity contribution in [3.63, 3.8) is 0 Å². The number of anilines is 1. The molecule has 0 radical (unpaired) electrons. The minimum atomic E-state index is -0.330. The fraction of sp³-hybridized carbons (Fsp3) is 0.526. The van der Waals surface area contributed by atoms with E-state index in [1.807, 2.05) is 36.0 Å². The molecule has 1 aliphatic heterocycles. The molecule has 6 heteroatoms. The maximum absolute atomic E-state index is 12.2. The Hall–Kier alpha value is -2.05. The summed E-state index contributed by atoms with van der Waals surface area (Å²) in [7, 11) is 2.00. The predicted molar refractivity (Wildman–Crippen MR) is 96.5 cm³/mol. The Kier molecular flexibility index (Phi) is 4.39. The fourth-order valence-electron chi connectivity index (χ4n) is 3.86. The van der Waals surface area contributed by atoms with Gasteiger partial charge >= 0.3 is 6.03 Å². The zero-order valence-electron chi connectivity index (χ0n) is 14.6. The number of fused-ring (bicyclic) bond motifs is 1. The Morgan fingerprint density at radius 3 is 2.76 bits per heavy atom. The zero-order chi connectivity index (χ0) is 17.3. The van der Waals surface area contributed by atoms with Crippen molar-refractivity contribution < 1.29 is 14.3 Å². The number of nitrogens with zero attached hydrogens (tertiary/aromatic N) is 1. The van der Waals surface area contributed by atoms with Gasteiger partial charge in [-0.25, -0.2) is 4.79 Å². The van der Waals surface area contributed by atoms with Crippen LogP contribution in [0.4, 0.5) is 10.5 Å². The summed E-state index contributed by atoms with van der Waals surface area (Å²) in [4.78, 5) is 12.2. The lowest BCUT2D eigenvalue weighted by Gasteiger charge is -2.35. The topological polar surface area (TPSA) is 64.5 Å². The summed E-state index contributed by atoms with van der Waals surface area (Å²) in [6, 6.07) is 7.86. The van der Waals surface area contributed by atoms with E-state index in [0.29, 0.717) is 25.7 Å². The van der Waals surface area contributed by atoms with Crippen molar-refractivity contribution in [3.05, 3.63) is 30.5 Å². The van der Waals surface area contributed by atoms with Crippen molar-refractivity contribution in [1.82, 2.24) is 9.88 Å². The van der Waals surface area contributed by atoms with E-state index in [-0.39, 0.29) is 11.8 Å². The quantitative estimate of drug-likeness (QED) is 0.899. The van der Waals surface area contributed by atoms with Crippen molar-refractivity contribution in [2.24, 2.45) is 13.0 Å². The number of amides is 2. The fourth-order valence-corrected chi connectivity index (χ4v) is 3.86. The molecule has 1 saturated carbocycles. The summed E-state index contributed by atoms with van der Waals surface area (Å²) in [6.45, 7) is 2.10. The number of carbonyl (C=O) groups excluding carboxylic acids is 1. The van der Waals surface area contributed by atoms with Gasteiger partial charge < -0.3 is 24.7 Å². The van der Waals surface area contributed by atoms with Gasteiger partial charge in [0.2, 0.25) is 0 Å². The van der Waals surface area contributed by atoms with Crippen molar-refractivity contribution in [2.75, 3.05) is 25.1 Å². The molecule has 4 rings (SSSR count). The number of hydrogen-bond acceptors (Lipinski definition) is 3. The van der Waals surface area contributed by atoms with Gasteiger partial charge in [-0.05, 0) is 42.3 Å². The van der Waals surface area contributed by atoms with Gasteiger partial charge in [0.05, 0.1) is 13.2 Å². The Bertz CT molecular complexity index is 754. The van der Waals surface area contributed by atoms with Gasteiger partial charge in [-0.2, -0.15) is 0 Å². The lowest BCUT2D eigenvalue weighted by Crippen LogP contribution is -2.39. The van der Waals surface area contributed by atoms with Crippen molar-refractivity contribution >= 4 is 22.6 Å². The SMILES string of the molecule is Cn1ccc2ccc(NC(=O)NCC3CCC4(CC3)OCCO4)cc21. The highest BCUT2D eigenvalue weighted by Gasteiger charge is 2.40. The van der Waals surface area contributed by atoms with Gasteiger partial charge in [0.25, 0.3) is 0 Å². The number of ether oxygens (including phenoxy) is 2. The normalized spacial score (nSPS) is 20.2. The Morgan fingerprint density at radius 2 is 2.00 bits per heavy atom. The highest BCUT2D eigenvalue weighted by Crippen LogP contribution is 2.37. The molecular weight excluding hydrogens is 318 g/mol. The van der Waals surface area contributed by atoms with E-state index in [1.54, 1.807) is 0 Å². The Labute approximate surface area is 147 Å². The average Bonchev–Trinajstić information content (AvgIpc) is 3.22. The van der Waals surface area contributed by atoms with Crippen LogP contribution in [0.1, 0.15) is 25.7 Å². The minimum absolute atomic E-state index is 0.151. The molecule has 1 spiro atoms. The number of nitrogens with one attached hydrogen (secondary N) is 2. The summed E-state index contributed by atoms with van der Waals surface area (Å²) in [5.41, 5.74) is 1.91. The van der Waals surface area contributed by atoms with Gasteiger partial charge in [-0.15, -0.1) is 0 Å². The summed E-state index contributed by atoms with van der Waals surface area (Å²) in [5, 5.41) is 7.09. The van der Waals surface area contributed by atoms with Crippen molar-refractivity contribution in [1.29, 1.82) is 0 Å². The molecule has 2 amide bonds. The second-order valence-electron chi connectivity index (χ2n) is 7.09. The molecule has 0 atom stereocenters. The molecule has 2 aromatic rings. The number of hydrogen-bond donors (Lipinski definition) is 2. The third kappa shape index (κ3) is 3.50. The maximum atomic E-state index is 12.2. The Morgan fingerprint density at radius 1 is 1.24 bits per heavy atom. The van der Waals surface area contributed by atoms with E-state index in [1.165, 1.54) is 5.39 Å². The van der Waals surface area contributed by atoms with Gasteiger partial charge in [0.1, 0.15) is 0 Å². The van der Waals surface area contributed by atoms with Crippen molar-refractivity contribution in [2.45, 2.75) is 31.5 Å². The van der Waals surface area contributed by atoms with E-state index >= 15 is 0 Å². The molecule has 1 aromatic heterocycles. The standard InChI is InChI=1S/C19H25N3O3/c1-22-9-6-15-2-3-16(12-17(15)22)21-18(23)20-13-14-4-7-19(8-5-14)24-10-11-25-19/h2-3,6,9,12,14H,4-5,7-8,10-11,13H2,1H3,(H2,20,21,23). The maximum Gasteiger partial charge on any atom is 0.319 e. The highest BCUT2D eigenvalue weighted by atomic mass is 16.7. The number of benzene rings is 1. The van der Waals surface area contributed by atoms with Crippen LogP contribution in [0.3, 0.4) is 0 Å². The van der Waals surface area contributed by atoms with E-state index in [9.17, 15) is 4.79 Å². The summed E-state index contributed by atoms with van der Waals surface area (Å²) < 4.78 is 13.5. The molecule has 2 aliphatic rings. The van der Waals surface area contributed by atoms with Gasteiger partial charge in [-0.3, -0.25) is 0 Å². The number of urea groups is 1. The van der Waals surface area contributed by atoms with Crippen LogP contribution in [-0.2, 0) is 16.5 Å². The van der Waals surface area contributed by atoms with E-state index in [0.717, 1.165) is 36.9 Å². The average molecular weight is 343 g/mol. The molecule has 6 nitrogen and oxygen atoms in total. The lowest BCUT2D eigenvalue weighted by molar-refractivity contribution is -0.182. The molecule has 25 heavy (non-hydrogen) atoms. The van der Waals surface area contributed by atoms with Crippen molar-refractivity contribution in [3.8, 4) is 0 Å². The Balaban J connectivity index is 1.27. The largest absolute Gasteiger partial charge is 0.350 e. The monoisotopic (exact) mass is 343 g/mol. The van der Waals surface area contributed by atoms with Crippen LogP contribution in [0.5, 0.6) is 0 Å². The second kappa shape index (κ2) is 6.69. The molecule has 2 N–H and O–H groups in total. The highest BCUT2D eigenvalue weighted by molar-refractivity contribution is 5.92. The third-order valence-corrected chi connectivity index (χ3v) is 5.38. The van der Waals surface area contributed by atoms with E-state index in [4.69, 9.17) is 9.47 Å². The first-order valence-electron chi connectivity index (χ1n) is 9.01. The van der Waals surface area contributed by atoms with Crippen LogP contribution in [-0.4, -0.2) is 36.1 Å². The molecule has 0 unspecified atom stereocenters. The molecule has 1 saturated heterocycles. The molecular formula is C19H25N3O3. The van der Waals surface area contributed by atoms with E-state index < -0.39 is 0 Å². The molecule has 1 aliphatic carbocycles. The van der Waals surface area contributed by atoms with E-state index in [2.05, 4.69) is 16.7 Å². The number of carbonyl (C=O) groups is 1. The summed E-state index contributed by atoms with van der Waals surface area (Å²) in [5.74, 6) is 0.156. The molecule has 0 bridgehead atoms. The van der Waals surface area contributed by atoms with Crippen LogP contribution in [0.15, 0.2) is 30.5 Å². The molecule has 2 fully saturated rings. The van der Waals surface area contributed by atoms with Crippen LogP contribution in [0, 0.1) is 5.92 Å². The van der Waals surface area contributed by atoms with Crippen LogP contribution in [0.25, 0.3) is 10.9 Å². The molecule has 134 valence electrons. The van der Waals surface area contributed by atoms with Crippen LogP contribution < -0.4 is 10.6 Å². The number of aryl methyl sites for hydroxylation is 1. The summed E-state index contributed by atoms with van der Waals surface area (Å²) >= 11 is 0. The van der Waals surface area contributed by atoms with Gasteiger partial charge in [-0.1, -0.05) is 6.07 Å². The predicted octanol–water partition coefficient (Wildman–Crippen LogP) is 3.23. The van der Waals surface area contributed by atoms with Crippen LogP contribution >= 0.6 is 0 Å². The zero-order valence-corrected chi connectivity index (χ0v) is 14.6. The van der Waals surface area contributed by atoms with Gasteiger partial charge in [0.15, 0.2) is 5.79 Å². The number of aromatic nitrogens is 1. The lowest BCUT2D eigenvalue weighted by atomic mass is 9.85. The second-order valence-corrected chi connectivity index (χ2v) is 7.09. The smallest absolute Gasteiger partial charge is 0.319 e. The minimum Gasteiger partial charge on any atom is -0.350 e. The first-order valence-corrected chi connectivity index (χ1v) is 9.01. The molecule has 2 heterocycles. The molecule has 1 aromatic carbocycles.